The zero-order valence-corrected chi connectivity index (χ0v) is 9.95. The van der Waals surface area contributed by atoms with E-state index < -0.39 is 17.6 Å². The molecule has 0 fully saturated rings. The molecule has 2 unspecified atom stereocenters. The molecule has 1 amide bonds. The molecule has 5 heteroatoms. The normalized spacial score (nSPS) is 15.7. The number of hydrogen-bond acceptors (Lipinski definition) is 3. The van der Waals surface area contributed by atoms with E-state index >= 15 is 0 Å². The van der Waals surface area contributed by atoms with Gasteiger partial charge in [0.25, 0.3) is 0 Å². The lowest BCUT2D eigenvalue weighted by Gasteiger charge is -2.31. The third-order valence-electron chi connectivity index (χ3n) is 2.74. The van der Waals surface area contributed by atoms with E-state index in [1.807, 2.05) is 6.92 Å². The van der Waals surface area contributed by atoms with Gasteiger partial charge < -0.3 is 15.2 Å². The monoisotopic (exact) mass is 229 g/mol. The molecule has 0 aromatic carbocycles. The predicted molar refractivity (Wildman–Crippen MR) is 60.2 cm³/mol. The summed E-state index contributed by atoms with van der Waals surface area (Å²) in [6, 6.07) is 0. The Labute approximate surface area is 95.5 Å². The van der Waals surface area contributed by atoms with Crippen LogP contribution in [-0.4, -0.2) is 29.3 Å². The van der Waals surface area contributed by atoms with Gasteiger partial charge in [0, 0.05) is 0 Å². The summed E-state index contributed by atoms with van der Waals surface area (Å²) in [5.74, 6) is -1.27. The van der Waals surface area contributed by atoms with E-state index in [0.717, 1.165) is 0 Å². The molecule has 0 aliphatic rings. The van der Waals surface area contributed by atoms with Gasteiger partial charge in [-0.25, -0.2) is 9.59 Å². The van der Waals surface area contributed by atoms with E-state index in [9.17, 15) is 9.59 Å². The molecule has 2 N–H and O–H groups in total. The Morgan fingerprint density at radius 3 is 2.56 bits per heavy atom. The number of carbonyl (C=O) groups excluding carboxylic acids is 1. The van der Waals surface area contributed by atoms with Gasteiger partial charge in [-0.2, -0.15) is 0 Å². The maximum Gasteiger partial charge on any atom is 0.408 e. The van der Waals surface area contributed by atoms with Crippen LogP contribution in [0.2, 0.25) is 0 Å². The average Bonchev–Trinajstić information content (AvgIpc) is 2.24. The van der Waals surface area contributed by atoms with Crippen molar-refractivity contribution in [1.82, 2.24) is 5.32 Å². The Hall–Kier alpha value is -1.52. The van der Waals surface area contributed by atoms with Crippen molar-refractivity contribution in [2.45, 2.75) is 32.7 Å². The van der Waals surface area contributed by atoms with E-state index in [1.165, 1.54) is 13.0 Å². The molecule has 0 rings (SSSR count). The number of ether oxygens (including phenoxy) is 1. The zero-order chi connectivity index (χ0) is 12.8. The number of carboxylic acid groups (broad SMARTS) is 1. The average molecular weight is 229 g/mol. The topological polar surface area (TPSA) is 75.6 Å². The Morgan fingerprint density at radius 1 is 1.62 bits per heavy atom. The van der Waals surface area contributed by atoms with Gasteiger partial charge in [-0.05, 0) is 12.8 Å². The molecule has 16 heavy (non-hydrogen) atoms. The third kappa shape index (κ3) is 3.56. The molecule has 0 aromatic rings. The number of amides is 1. The molecule has 0 saturated carbocycles. The molecule has 0 aromatic heterocycles. The quantitative estimate of drug-likeness (QED) is 0.681. The lowest BCUT2D eigenvalue weighted by atomic mass is 9.85. The smallest absolute Gasteiger partial charge is 0.408 e. The highest BCUT2D eigenvalue weighted by atomic mass is 16.5. The highest BCUT2D eigenvalue weighted by Gasteiger charge is 2.40. The molecule has 0 bridgehead atoms. The predicted octanol–water partition coefficient (Wildman–Crippen LogP) is 1.79. The minimum atomic E-state index is -1.31. The summed E-state index contributed by atoms with van der Waals surface area (Å²) in [7, 11) is 0. The van der Waals surface area contributed by atoms with Crippen molar-refractivity contribution in [1.29, 1.82) is 0 Å². The maximum atomic E-state index is 11.3. The van der Waals surface area contributed by atoms with Crippen LogP contribution in [0.3, 0.4) is 0 Å². The van der Waals surface area contributed by atoms with Gasteiger partial charge in [-0.15, -0.1) is 0 Å². The van der Waals surface area contributed by atoms with Crippen LogP contribution < -0.4 is 5.32 Å². The second kappa shape index (κ2) is 6.15. The van der Waals surface area contributed by atoms with E-state index in [0.29, 0.717) is 6.42 Å². The van der Waals surface area contributed by atoms with Crippen LogP contribution in [0.5, 0.6) is 0 Å². The highest BCUT2D eigenvalue weighted by molar-refractivity contribution is 5.84. The van der Waals surface area contributed by atoms with Crippen LogP contribution in [0, 0.1) is 5.92 Å². The van der Waals surface area contributed by atoms with Crippen molar-refractivity contribution in [3.05, 3.63) is 12.7 Å². The first-order chi connectivity index (χ1) is 7.38. The van der Waals surface area contributed by atoms with Crippen LogP contribution in [0.4, 0.5) is 4.79 Å². The molecule has 0 aliphatic heterocycles. The second-order valence-corrected chi connectivity index (χ2v) is 3.83. The van der Waals surface area contributed by atoms with Gasteiger partial charge in [-0.1, -0.05) is 32.9 Å². The summed E-state index contributed by atoms with van der Waals surface area (Å²) in [5.41, 5.74) is -1.31. The fraction of sp³-hybridized carbons (Fsp3) is 0.636. The van der Waals surface area contributed by atoms with Crippen molar-refractivity contribution < 1.29 is 19.4 Å². The van der Waals surface area contributed by atoms with Gasteiger partial charge in [0.05, 0.1) is 0 Å². The summed E-state index contributed by atoms with van der Waals surface area (Å²) in [5, 5.41) is 11.5. The van der Waals surface area contributed by atoms with Crippen molar-refractivity contribution >= 4 is 12.1 Å². The molecule has 92 valence electrons. The van der Waals surface area contributed by atoms with Gasteiger partial charge >= 0.3 is 12.1 Å². The SMILES string of the molecule is C=CCOC(=O)NC(C)(C(=O)O)C(C)CC. The van der Waals surface area contributed by atoms with Crippen molar-refractivity contribution in [3.63, 3.8) is 0 Å². The summed E-state index contributed by atoms with van der Waals surface area (Å²) in [6.45, 7) is 8.55. The number of hydrogen-bond donors (Lipinski definition) is 2. The first-order valence-corrected chi connectivity index (χ1v) is 5.17. The maximum absolute atomic E-state index is 11.3. The molecular formula is C11H19NO4. The lowest BCUT2D eigenvalue weighted by Crippen LogP contribution is -2.56. The number of nitrogens with one attached hydrogen (secondary N) is 1. The minimum Gasteiger partial charge on any atom is -0.480 e. The number of alkyl carbamates (subject to hydrolysis) is 1. The summed E-state index contributed by atoms with van der Waals surface area (Å²) in [6.07, 6.45) is 1.32. The summed E-state index contributed by atoms with van der Waals surface area (Å²) in [4.78, 5) is 22.4. The Morgan fingerprint density at radius 2 is 2.19 bits per heavy atom. The van der Waals surface area contributed by atoms with Gasteiger partial charge in [-0.3, -0.25) is 0 Å². The van der Waals surface area contributed by atoms with Crippen LogP contribution in [-0.2, 0) is 9.53 Å². The molecule has 0 heterocycles. The van der Waals surface area contributed by atoms with Gasteiger partial charge in [0.2, 0.25) is 0 Å². The Kier molecular flexibility index (Phi) is 5.56. The lowest BCUT2D eigenvalue weighted by molar-refractivity contribution is -0.146. The molecule has 0 spiro atoms. The largest absolute Gasteiger partial charge is 0.480 e. The Bertz CT molecular complexity index is 277. The van der Waals surface area contributed by atoms with E-state index in [2.05, 4.69) is 11.9 Å². The number of aliphatic carboxylic acids is 1. The molecule has 5 nitrogen and oxygen atoms in total. The van der Waals surface area contributed by atoms with Crippen molar-refractivity contribution in [3.8, 4) is 0 Å². The minimum absolute atomic E-state index is 0.0576. The van der Waals surface area contributed by atoms with Gasteiger partial charge in [0.15, 0.2) is 0 Å². The standard InChI is InChI=1S/C11H19NO4/c1-5-7-16-10(15)12-11(4,9(13)14)8(3)6-2/h5,8H,1,6-7H2,2-4H3,(H,12,15)(H,13,14). The van der Waals surface area contributed by atoms with Crippen LogP contribution in [0.15, 0.2) is 12.7 Å². The third-order valence-corrected chi connectivity index (χ3v) is 2.74. The van der Waals surface area contributed by atoms with Crippen LogP contribution in [0.25, 0.3) is 0 Å². The summed E-state index contributed by atoms with van der Waals surface area (Å²) >= 11 is 0. The van der Waals surface area contributed by atoms with E-state index in [-0.39, 0.29) is 12.5 Å². The second-order valence-electron chi connectivity index (χ2n) is 3.83. The zero-order valence-electron chi connectivity index (χ0n) is 9.95. The first-order valence-electron chi connectivity index (χ1n) is 5.17. The highest BCUT2D eigenvalue weighted by Crippen LogP contribution is 2.20. The fourth-order valence-electron chi connectivity index (χ4n) is 1.18. The van der Waals surface area contributed by atoms with Crippen molar-refractivity contribution in [2.24, 2.45) is 5.92 Å². The number of carboxylic acids is 1. The van der Waals surface area contributed by atoms with Gasteiger partial charge in [0.1, 0.15) is 12.1 Å². The van der Waals surface area contributed by atoms with Crippen LogP contribution in [0.1, 0.15) is 27.2 Å². The molecule has 2 atom stereocenters. The molecule has 0 radical (unpaired) electrons. The van der Waals surface area contributed by atoms with Crippen LogP contribution >= 0.6 is 0 Å². The molecular weight excluding hydrogens is 210 g/mol. The molecule has 0 aliphatic carbocycles. The number of carbonyl (C=O) groups is 2. The Balaban J connectivity index is 4.62. The first kappa shape index (κ1) is 14.5. The fourth-order valence-corrected chi connectivity index (χ4v) is 1.18. The summed E-state index contributed by atoms with van der Waals surface area (Å²) < 4.78 is 4.70. The van der Waals surface area contributed by atoms with E-state index in [4.69, 9.17) is 9.84 Å². The molecule has 0 saturated heterocycles. The van der Waals surface area contributed by atoms with Crippen molar-refractivity contribution in [2.75, 3.05) is 6.61 Å². The number of rotatable bonds is 6. The van der Waals surface area contributed by atoms with E-state index in [1.54, 1.807) is 6.92 Å².